The lowest BCUT2D eigenvalue weighted by Gasteiger charge is -2.36. The summed E-state index contributed by atoms with van der Waals surface area (Å²) in [6.07, 6.45) is 1.93. The second kappa shape index (κ2) is 5.44. The first kappa shape index (κ1) is 14.9. The first-order chi connectivity index (χ1) is 9.36. The predicted octanol–water partition coefficient (Wildman–Crippen LogP) is 2.35. The first-order valence-electron chi connectivity index (χ1n) is 7.09. The molecule has 4 nitrogen and oxygen atoms in total. The van der Waals surface area contributed by atoms with Crippen LogP contribution in [0.1, 0.15) is 32.8 Å². The zero-order valence-corrected chi connectivity index (χ0v) is 12.8. The van der Waals surface area contributed by atoms with Gasteiger partial charge in [-0.2, -0.15) is 0 Å². The van der Waals surface area contributed by atoms with Gasteiger partial charge in [0, 0.05) is 6.54 Å². The summed E-state index contributed by atoms with van der Waals surface area (Å²) in [6.45, 7) is 6.67. The molecule has 1 heterocycles. The van der Waals surface area contributed by atoms with Crippen molar-refractivity contribution in [3.05, 3.63) is 23.8 Å². The van der Waals surface area contributed by atoms with Crippen LogP contribution < -0.4 is 15.4 Å². The lowest BCUT2D eigenvalue weighted by Crippen LogP contribution is -2.52. The van der Waals surface area contributed by atoms with Crippen LogP contribution in [0.2, 0.25) is 0 Å². The number of amides is 1. The molecule has 1 amide bonds. The number of methoxy groups -OCH3 is 1. The molecule has 2 rings (SSSR count). The van der Waals surface area contributed by atoms with Crippen molar-refractivity contribution in [1.82, 2.24) is 0 Å². The molecule has 1 aliphatic rings. The summed E-state index contributed by atoms with van der Waals surface area (Å²) in [4.78, 5) is 14.5. The molecule has 1 aromatic rings. The molecule has 4 heteroatoms. The number of hydrogen-bond acceptors (Lipinski definition) is 3. The van der Waals surface area contributed by atoms with E-state index in [1.54, 1.807) is 12.0 Å². The van der Waals surface area contributed by atoms with Crippen LogP contribution in [0.5, 0.6) is 5.75 Å². The van der Waals surface area contributed by atoms with Gasteiger partial charge in [0.1, 0.15) is 5.75 Å². The van der Waals surface area contributed by atoms with Gasteiger partial charge in [-0.1, -0.05) is 32.9 Å². The number of benzene rings is 1. The molecule has 110 valence electrons. The summed E-state index contributed by atoms with van der Waals surface area (Å²) < 4.78 is 5.42. The topological polar surface area (TPSA) is 55.6 Å². The zero-order chi connectivity index (χ0) is 14.9. The van der Waals surface area contributed by atoms with Crippen molar-refractivity contribution >= 4 is 11.6 Å². The van der Waals surface area contributed by atoms with E-state index >= 15 is 0 Å². The number of nitrogens with zero attached hydrogens (tertiary/aromatic N) is 1. The maximum absolute atomic E-state index is 12.7. The highest BCUT2D eigenvalue weighted by atomic mass is 16.5. The molecule has 0 saturated carbocycles. The summed E-state index contributed by atoms with van der Waals surface area (Å²) in [5.41, 5.74) is 7.94. The van der Waals surface area contributed by atoms with Gasteiger partial charge in [0.2, 0.25) is 5.91 Å². The Hall–Kier alpha value is -1.55. The third kappa shape index (κ3) is 2.66. The van der Waals surface area contributed by atoms with Gasteiger partial charge in [-0.05, 0) is 29.9 Å². The summed E-state index contributed by atoms with van der Waals surface area (Å²) in [5, 5.41) is 0. The number of nitrogens with two attached hydrogens (primary N) is 1. The van der Waals surface area contributed by atoms with Crippen LogP contribution in [-0.2, 0) is 11.2 Å². The number of rotatable bonds is 2. The Balaban J connectivity index is 2.40. The Morgan fingerprint density at radius 2 is 2.10 bits per heavy atom. The molecule has 20 heavy (non-hydrogen) atoms. The van der Waals surface area contributed by atoms with E-state index < -0.39 is 6.04 Å². The van der Waals surface area contributed by atoms with Crippen molar-refractivity contribution in [3.8, 4) is 5.75 Å². The minimum atomic E-state index is -0.515. The molecule has 0 saturated heterocycles. The molecular weight excluding hydrogens is 252 g/mol. The van der Waals surface area contributed by atoms with Gasteiger partial charge < -0.3 is 15.4 Å². The Bertz CT molecular complexity index is 491. The smallest absolute Gasteiger partial charge is 0.244 e. The number of hydrogen-bond donors (Lipinski definition) is 1. The Morgan fingerprint density at radius 3 is 2.70 bits per heavy atom. The molecule has 1 aromatic carbocycles. The third-order valence-corrected chi connectivity index (χ3v) is 3.87. The number of para-hydroxylation sites is 1. The molecule has 0 spiro atoms. The maximum Gasteiger partial charge on any atom is 0.244 e. The average Bonchev–Trinajstić information content (AvgIpc) is 2.43. The molecule has 0 fully saturated rings. The molecule has 0 aliphatic carbocycles. The lowest BCUT2D eigenvalue weighted by molar-refractivity contribution is -0.122. The largest absolute Gasteiger partial charge is 0.495 e. The summed E-state index contributed by atoms with van der Waals surface area (Å²) in [7, 11) is 1.64. The SMILES string of the molecule is COc1cccc2c1N(C(=O)C(N)C(C)(C)C)CCC2. The highest BCUT2D eigenvalue weighted by Crippen LogP contribution is 2.37. The van der Waals surface area contributed by atoms with Crippen LogP contribution in [-0.4, -0.2) is 25.6 Å². The van der Waals surface area contributed by atoms with E-state index in [0.29, 0.717) is 6.54 Å². The Morgan fingerprint density at radius 1 is 1.40 bits per heavy atom. The molecule has 1 atom stereocenters. The van der Waals surface area contributed by atoms with E-state index in [0.717, 1.165) is 29.8 Å². The normalized spacial score (nSPS) is 16.6. The van der Waals surface area contributed by atoms with Crippen molar-refractivity contribution < 1.29 is 9.53 Å². The number of carbonyl (C=O) groups excluding carboxylic acids is 1. The van der Waals surface area contributed by atoms with Crippen molar-refractivity contribution in [1.29, 1.82) is 0 Å². The van der Waals surface area contributed by atoms with Crippen LogP contribution in [0.3, 0.4) is 0 Å². The molecule has 1 aliphatic heterocycles. The second-order valence-electron chi connectivity index (χ2n) is 6.41. The second-order valence-corrected chi connectivity index (χ2v) is 6.41. The van der Waals surface area contributed by atoms with Crippen molar-refractivity contribution in [3.63, 3.8) is 0 Å². The van der Waals surface area contributed by atoms with E-state index in [-0.39, 0.29) is 11.3 Å². The molecular formula is C16H24N2O2. The third-order valence-electron chi connectivity index (χ3n) is 3.87. The molecule has 0 bridgehead atoms. The lowest BCUT2D eigenvalue weighted by atomic mass is 9.86. The molecule has 1 unspecified atom stereocenters. The van der Waals surface area contributed by atoms with Gasteiger partial charge >= 0.3 is 0 Å². The van der Waals surface area contributed by atoms with Gasteiger partial charge in [0.05, 0.1) is 18.8 Å². The quantitative estimate of drug-likeness (QED) is 0.902. The van der Waals surface area contributed by atoms with E-state index in [1.807, 2.05) is 32.9 Å². The standard InChI is InChI=1S/C16H24N2O2/c1-16(2,3)14(17)15(19)18-10-6-8-11-7-5-9-12(20-4)13(11)18/h5,7,9,14H,6,8,10,17H2,1-4H3. The number of anilines is 1. The van der Waals surface area contributed by atoms with Crippen LogP contribution in [0.4, 0.5) is 5.69 Å². The van der Waals surface area contributed by atoms with Gasteiger partial charge in [-0.3, -0.25) is 4.79 Å². The van der Waals surface area contributed by atoms with Crippen molar-refractivity contribution in [2.75, 3.05) is 18.6 Å². The van der Waals surface area contributed by atoms with Gasteiger partial charge in [-0.25, -0.2) is 0 Å². The summed E-state index contributed by atoms with van der Waals surface area (Å²) in [5.74, 6) is 0.722. The monoisotopic (exact) mass is 276 g/mol. The van der Waals surface area contributed by atoms with Crippen LogP contribution in [0, 0.1) is 5.41 Å². The summed E-state index contributed by atoms with van der Waals surface area (Å²) in [6, 6.07) is 5.40. The van der Waals surface area contributed by atoms with E-state index in [4.69, 9.17) is 10.5 Å². The van der Waals surface area contributed by atoms with Gasteiger partial charge in [0.15, 0.2) is 0 Å². The number of ether oxygens (including phenoxy) is 1. The van der Waals surface area contributed by atoms with E-state index in [2.05, 4.69) is 6.07 Å². The molecule has 2 N–H and O–H groups in total. The fourth-order valence-electron chi connectivity index (χ4n) is 2.54. The fourth-order valence-corrected chi connectivity index (χ4v) is 2.54. The van der Waals surface area contributed by atoms with Crippen LogP contribution in [0.15, 0.2) is 18.2 Å². The number of fused-ring (bicyclic) bond motifs is 1. The maximum atomic E-state index is 12.7. The Kier molecular flexibility index (Phi) is 4.04. The van der Waals surface area contributed by atoms with Crippen molar-refractivity contribution in [2.24, 2.45) is 11.1 Å². The highest BCUT2D eigenvalue weighted by molar-refractivity contribution is 6.00. The van der Waals surface area contributed by atoms with Crippen LogP contribution >= 0.6 is 0 Å². The number of carbonyl (C=O) groups is 1. The van der Waals surface area contributed by atoms with Gasteiger partial charge in [-0.15, -0.1) is 0 Å². The van der Waals surface area contributed by atoms with Gasteiger partial charge in [0.25, 0.3) is 0 Å². The first-order valence-corrected chi connectivity index (χ1v) is 7.09. The predicted molar refractivity (Wildman–Crippen MR) is 81.1 cm³/mol. The van der Waals surface area contributed by atoms with E-state index in [9.17, 15) is 4.79 Å². The van der Waals surface area contributed by atoms with E-state index in [1.165, 1.54) is 0 Å². The fraction of sp³-hybridized carbons (Fsp3) is 0.562. The minimum Gasteiger partial charge on any atom is -0.495 e. The average molecular weight is 276 g/mol. The highest BCUT2D eigenvalue weighted by Gasteiger charge is 2.34. The summed E-state index contributed by atoms with van der Waals surface area (Å²) >= 11 is 0. The Labute approximate surface area is 120 Å². The molecule has 0 radical (unpaired) electrons. The van der Waals surface area contributed by atoms with Crippen molar-refractivity contribution in [2.45, 2.75) is 39.7 Å². The van der Waals surface area contributed by atoms with Crippen LogP contribution in [0.25, 0.3) is 0 Å². The number of aryl methyl sites for hydroxylation is 1. The minimum absolute atomic E-state index is 0.0250. The zero-order valence-electron chi connectivity index (χ0n) is 12.8. The molecule has 0 aromatic heterocycles.